The molecule has 1 aliphatic heterocycles. The Kier molecular flexibility index (Phi) is 4.10. The molecule has 3 rings (SSSR count). The summed E-state index contributed by atoms with van der Waals surface area (Å²) in [6.07, 6.45) is 2.09. The van der Waals surface area contributed by atoms with Crippen molar-refractivity contribution in [3.63, 3.8) is 0 Å². The maximum atomic E-state index is 12.5. The number of carbonyl (C=O) groups excluding carboxylic acids is 1. The predicted molar refractivity (Wildman–Crippen MR) is 89.2 cm³/mol. The summed E-state index contributed by atoms with van der Waals surface area (Å²) < 4.78 is 0. The van der Waals surface area contributed by atoms with Gasteiger partial charge in [0.15, 0.2) is 5.78 Å². The number of nitro groups is 1. The maximum absolute atomic E-state index is 12.5. The van der Waals surface area contributed by atoms with Crippen molar-refractivity contribution < 1.29 is 9.72 Å². The largest absolute Gasteiger partial charge is 0.366 e. The van der Waals surface area contributed by atoms with Gasteiger partial charge in [0.25, 0.3) is 5.69 Å². The molecule has 1 heterocycles. The lowest BCUT2D eigenvalue weighted by atomic mass is 10.0. The van der Waals surface area contributed by atoms with Crippen molar-refractivity contribution in [2.75, 3.05) is 18.0 Å². The van der Waals surface area contributed by atoms with Gasteiger partial charge in [-0.05, 0) is 31.9 Å². The van der Waals surface area contributed by atoms with Crippen LogP contribution < -0.4 is 4.90 Å². The lowest BCUT2D eigenvalue weighted by molar-refractivity contribution is -0.384. The number of nitrogens with zero attached hydrogens (tertiary/aromatic N) is 2. The highest BCUT2D eigenvalue weighted by Gasteiger charge is 2.24. The molecular formula is C18H18N2O3. The van der Waals surface area contributed by atoms with E-state index in [-0.39, 0.29) is 11.5 Å². The smallest absolute Gasteiger partial charge is 0.293 e. The van der Waals surface area contributed by atoms with Gasteiger partial charge in [0, 0.05) is 30.3 Å². The highest BCUT2D eigenvalue weighted by atomic mass is 16.6. The minimum absolute atomic E-state index is 0.00450. The van der Waals surface area contributed by atoms with E-state index in [1.54, 1.807) is 24.3 Å². The Morgan fingerprint density at radius 1 is 1.04 bits per heavy atom. The van der Waals surface area contributed by atoms with E-state index in [0.29, 0.717) is 16.8 Å². The Bertz CT molecular complexity index is 747. The highest BCUT2D eigenvalue weighted by Crippen LogP contribution is 2.32. The molecule has 2 aromatic rings. The average molecular weight is 310 g/mol. The third-order valence-corrected chi connectivity index (χ3v) is 4.19. The predicted octanol–water partition coefficient (Wildman–Crippen LogP) is 3.73. The van der Waals surface area contributed by atoms with Crippen LogP contribution in [0.5, 0.6) is 0 Å². The Morgan fingerprint density at radius 3 is 2.26 bits per heavy atom. The summed E-state index contributed by atoms with van der Waals surface area (Å²) in [5.41, 5.74) is 2.57. The third kappa shape index (κ3) is 3.08. The summed E-state index contributed by atoms with van der Waals surface area (Å²) >= 11 is 0. The SMILES string of the molecule is Cc1ccc(C(=O)c2ccc(N3CCCC3)c([N+](=O)[O-])c2)cc1. The number of benzene rings is 2. The van der Waals surface area contributed by atoms with Crippen molar-refractivity contribution in [3.8, 4) is 0 Å². The summed E-state index contributed by atoms with van der Waals surface area (Å²) in [7, 11) is 0. The monoisotopic (exact) mass is 310 g/mol. The molecule has 0 unspecified atom stereocenters. The summed E-state index contributed by atoms with van der Waals surface area (Å²) in [6.45, 7) is 3.60. The molecule has 118 valence electrons. The molecule has 0 bridgehead atoms. The molecule has 1 fully saturated rings. The number of rotatable bonds is 4. The van der Waals surface area contributed by atoms with E-state index in [1.807, 2.05) is 24.0 Å². The molecule has 1 aliphatic rings. The second kappa shape index (κ2) is 6.20. The molecule has 0 aromatic heterocycles. The van der Waals surface area contributed by atoms with Gasteiger partial charge in [0.2, 0.25) is 0 Å². The first kappa shape index (κ1) is 15.2. The van der Waals surface area contributed by atoms with Crippen LogP contribution in [0.3, 0.4) is 0 Å². The number of anilines is 1. The van der Waals surface area contributed by atoms with Gasteiger partial charge in [-0.1, -0.05) is 29.8 Å². The van der Waals surface area contributed by atoms with Gasteiger partial charge < -0.3 is 4.90 Å². The van der Waals surface area contributed by atoms with Gasteiger partial charge in [-0.3, -0.25) is 14.9 Å². The first-order chi connectivity index (χ1) is 11.1. The van der Waals surface area contributed by atoms with Crippen LogP contribution in [0, 0.1) is 17.0 Å². The van der Waals surface area contributed by atoms with E-state index < -0.39 is 4.92 Å². The van der Waals surface area contributed by atoms with Crippen LogP contribution in [-0.4, -0.2) is 23.8 Å². The number of hydrogen-bond acceptors (Lipinski definition) is 4. The lowest BCUT2D eigenvalue weighted by Crippen LogP contribution is -2.19. The molecule has 0 amide bonds. The Hall–Kier alpha value is -2.69. The van der Waals surface area contributed by atoms with E-state index in [9.17, 15) is 14.9 Å². The van der Waals surface area contributed by atoms with E-state index >= 15 is 0 Å². The van der Waals surface area contributed by atoms with Crippen LogP contribution in [0.1, 0.15) is 34.3 Å². The van der Waals surface area contributed by atoms with Gasteiger partial charge in [-0.25, -0.2) is 0 Å². The van der Waals surface area contributed by atoms with E-state index in [2.05, 4.69) is 0 Å². The van der Waals surface area contributed by atoms with E-state index in [0.717, 1.165) is 31.5 Å². The quantitative estimate of drug-likeness (QED) is 0.490. The zero-order valence-electron chi connectivity index (χ0n) is 13.0. The Labute approximate surface area is 134 Å². The number of aryl methyl sites for hydroxylation is 1. The Morgan fingerprint density at radius 2 is 1.65 bits per heavy atom. The Balaban J connectivity index is 1.97. The molecule has 5 heteroatoms. The lowest BCUT2D eigenvalue weighted by Gasteiger charge is -2.17. The molecule has 1 saturated heterocycles. The molecule has 0 atom stereocenters. The first-order valence-electron chi connectivity index (χ1n) is 7.71. The molecule has 23 heavy (non-hydrogen) atoms. The van der Waals surface area contributed by atoms with Crippen LogP contribution in [-0.2, 0) is 0 Å². The summed E-state index contributed by atoms with van der Waals surface area (Å²) in [5, 5.41) is 11.4. The second-order valence-electron chi connectivity index (χ2n) is 5.85. The molecule has 0 spiro atoms. The fraction of sp³-hybridized carbons (Fsp3) is 0.278. The third-order valence-electron chi connectivity index (χ3n) is 4.19. The summed E-state index contributed by atoms with van der Waals surface area (Å²) in [4.78, 5) is 25.5. The fourth-order valence-corrected chi connectivity index (χ4v) is 2.91. The van der Waals surface area contributed by atoms with Crippen LogP contribution in [0.2, 0.25) is 0 Å². The zero-order valence-corrected chi connectivity index (χ0v) is 13.0. The molecule has 5 nitrogen and oxygen atoms in total. The van der Waals surface area contributed by atoms with Gasteiger partial charge in [0.1, 0.15) is 5.69 Å². The number of hydrogen-bond donors (Lipinski definition) is 0. The molecule has 0 saturated carbocycles. The van der Waals surface area contributed by atoms with Gasteiger partial charge in [-0.2, -0.15) is 0 Å². The van der Waals surface area contributed by atoms with Crippen LogP contribution >= 0.6 is 0 Å². The van der Waals surface area contributed by atoms with Crippen LogP contribution in [0.4, 0.5) is 11.4 Å². The van der Waals surface area contributed by atoms with Crippen molar-refractivity contribution >= 4 is 17.2 Å². The minimum Gasteiger partial charge on any atom is -0.366 e. The van der Waals surface area contributed by atoms with E-state index in [4.69, 9.17) is 0 Å². The minimum atomic E-state index is -0.403. The van der Waals surface area contributed by atoms with Crippen LogP contribution in [0.25, 0.3) is 0 Å². The molecule has 0 aliphatic carbocycles. The summed E-state index contributed by atoms with van der Waals surface area (Å²) in [6, 6.07) is 12.0. The number of ketones is 1. The van der Waals surface area contributed by atoms with Gasteiger partial charge in [-0.15, -0.1) is 0 Å². The molecule has 0 radical (unpaired) electrons. The maximum Gasteiger partial charge on any atom is 0.293 e. The number of nitro benzene ring substituents is 1. The van der Waals surface area contributed by atoms with Crippen molar-refractivity contribution in [1.82, 2.24) is 0 Å². The summed E-state index contributed by atoms with van der Waals surface area (Å²) in [5.74, 6) is -0.193. The topological polar surface area (TPSA) is 63.5 Å². The molecular weight excluding hydrogens is 292 g/mol. The zero-order chi connectivity index (χ0) is 16.4. The average Bonchev–Trinajstić information content (AvgIpc) is 3.08. The van der Waals surface area contributed by atoms with Crippen molar-refractivity contribution in [1.29, 1.82) is 0 Å². The molecule has 2 aromatic carbocycles. The van der Waals surface area contributed by atoms with Crippen molar-refractivity contribution in [2.24, 2.45) is 0 Å². The van der Waals surface area contributed by atoms with E-state index in [1.165, 1.54) is 6.07 Å². The standard InChI is InChI=1S/C18H18N2O3/c1-13-4-6-14(7-5-13)18(21)15-8-9-16(17(12-15)20(22)23)19-10-2-3-11-19/h4-9,12H,2-3,10-11H2,1H3. The number of carbonyl (C=O) groups is 1. The van der Waals surface area contributed by atoms with Gasteiger partial charge in [0.05, 0.1) is 4.92 Å². The normalized spacial score (nSPS) is 14.0. The first-order valence-corrected chi connectivity index (χ1v) is 7.71. The van der Waals surface area contributed by atoms with Gasteiger partial charge >= 0.3 is 0 Å². The van der Waals surface area contributed by atoms with Crippen molar-refractivity contribution in [2.45, 2.75) is 19.8 Å². The molecule has 0 N–H and O–H groups in total. The fourth-order valence-electron chi connectivity index (χ4n) is 2.91. The van der Waals surface area contributed by atoms with Crippen molar-refractivity contribution in [3.05, 3.63) is 69.3 Å². The van der Waals surface area contributed by atoms with Crippen LogP contribution in [0.15, 0.2) is 42.5 Å². The second-order valence-corrected chi connectivity index (χ2v) is 5.85. The highest BCUT2D eigenvalue weighted by molar-refractivity contribution is 6.09.